The van der Waals surface area contributed by atoms with Gasteiger partial charge >= 0.3 is 5.97 Å². The van der Waals surface area contributed by atoms with Crippen molar-refractivity contribution in [2.24, 2.45) is 0 Å². The molecule has 1 aliphatic carbocycles. The molecular formula is C18H31NO3. The Bertz CT molecular complexity index is 378. The molecule has 0 aromatic rings. The number of hydrogen-bond acceptors (Lipinski definition) is 3. The van der Waals surface area contributed by atoms with Crippen LogP contribution in [0.2, 0.25) is 0 Å². The highest BCUT2D eigenvalue weighted by Crippen LogP contribution is 2.22. The van der Waals surface area contributed by atoms with Crippen LogP contribution in [0.25, 0.3) is 0 Å². The summed E-state index contributed by atoms with van der Waals surface area (Å²) in [4.78, 5) is 26.0. The van der Waals surface area contributed by atoms with Gasteiger partial charge in [-0.15, -0.1) is 0 Å². The maximum Gasteiger partial charge on any atom is 0.307 e. The van der Waals surface area contributed by atoms with E-state index < -0.39 is 0 Å². The molecule has 0 N–H and O–H groups in total. The van der Waals surface area contributed by atoms with E-state index in [4.69, 9.17) is 4.74 Å². The number of nitrogens with zero attached hydrogens (tertiary/aromatic N) is 1. The molecule has 1 saturated carbocycles. The topological polar surface area (TPSA) is 46.6 Å². The van der Waals surface area contributed by atoms with Crippen LogP contribution in [0.5, 0.6) is 0 Å². The van der Waals surface area contributed by atoms with E-state index in [1.165, 1.54) is 32.1 Å². The van der Waals surface area contributed by atoms with Gasteiger partial charge in [-0.3, -0.25) is 9.59 Å². The Kier molecular flexibility index (Phi) is 8.86. The minimum absolute atomic E-state index is 0.0369. The van der Waals surface area contributed by atoms with Crippen molar-refractivity contribution in [3.05, 3.63) is 11.6 Å². The predicted octanol–water partition coefficient (Wildman–Crippen LogP) is 3.85. The van der Waals surface area contributed by atoms with Crippen molar-refractivity contribution in [2.45, 2.75) is 78.2 Å². The van der Waals surface area contributed by atoms with Gasteiger partial charge in [0.1, 0.15) is 0 Å². The molecule has 0 spiro atoms. The Balaban J connectivity index is 2.72. The fraction of sp³-hybridized carbons (Fsp3) is 0.778. The van der Waals surface area contributed by atoms with Crippen molar-refractivity contribution in [1.82, 2.24) is 4.90 Å². The summed E-state index contributed by atoms with van der Waals surface area (Å²) in [7, 11) is 0. The fourth-order valence-electron chi connectivity index (χ4n) is 2.99. The monoisotopic (exact) mass is 309 g/mol. The number of rotatable bonds is 6. The van der Waals surface area contributed by atoms with Gasteiger partial charge < -0.3 is 9.64 Å². The van der Waals surface area contributed by atoms with E-state index >= 15 is 0 Å². The highest BCUT2D eigenvalue weighted by Gasteiger charge is 2.23. The van der Waals surface area contributed by atoms with Crippen LogP contribution in [0.3, 0.4) is 0 Å². The highest BCUT2D eigenvalue weighted by molar-refractivity contribution is 5.88. The number of esters is 1. The molecule has 0 atom stereocenters. The molecule has 0 radical (unpaired) electrons. The third-order valence-electron chi connectivity index (χ3n) is 4.07. The van der Waals surface area contributed by atoms with Gasteiger partial charge in [0.2, 0.25) is 5.91 Å². The standard InChI is InChI=1S/C18H31NO3/c1-4-22-18(21)12-13-19(17(20)14-15(2)3)16-10-8-6-5-7-9-11-16/h14,16H,4-13H2,1-3H3. The van der Waals surface area contributed by atoms with Crippen LogP contribution in [0, 0.1) is 0 Å². The minimum atomic E-state index is -0.219. The van der Waals surface area contributed by atoms with Gasteiger partial charge in [-0.1, -0.05) is 37.7 Å². The van der Waals surface area contributed by atoms with Crippen LogP contribution < -0.4 is 0 Å². The molecule has 4 nitrogen and oxygen atoms in total. The van der Waals surface area contributed by atoms with Gasteiger partial charge in [-0.2, -0.15) is 0 Å². The fourth-order valence-corrected chi connectivity index (χ4v) is 2.99. The second-order valence-electron chi connectivity index (χ2n) is 6.31. The molecule has 1 amide bonds. The molecule has 0 aromatic heterocycles. The summed E-state index contributed by atoms with van der Waals surface area (Å²) in [6, 6.07) is 0.262. The van der Waals surface area contributed by atoms with Gasteiger partial charge in [-0.25, -0.2) is 0 Å². The maximum atomic E-state index is 12.5. The van der Waals surface area contributed by atoms with E-state index in [2.05, 4.69) is 0 Å². The lowest BCUT2D eigenvalue weighted by molar-refractivity contribution is -0.144. The largest absolute Gasteiger partial charge is 0.466 e. The van der Waals surface area contributed by atoms with E-state index in [0.717, 1.165) is 18.4 Å². The number of carbonyl (C=O) groups excluding carboxylic acids is 2. The van der Waals surface area contributed by atoms with E-state index in [9.17, 15) is 9.59 Å². The number of allylic oxidation sites excluding steroid dienone is 1. The Morgan fingerprint density at radius 1 is 1.09 bits per heavy atom. The normalized spacial score (nSPS) is 16.3. The highest BCUT2D eigenvalue weighted by atomic mass is 16.5. The van der Waals surface area contributed by atoms with Crippen molar-refractivity contribution in [2.75, 3.05) is 13.2 Å². The summed E-state index contributed by atoms with van der Waals surface area (Å²) in [5.41, 5.74) is 0.997. The number of hydrogen-bond donors (Lipinski definition) is 0. The smallest absolute Gasteiger partial charge is 0.307 e. The molecule has 22 heavy (non-hydrogen) atoms. The lowest BCUT2D eigenvalue weighted by atomic mass is 9.95. The van der Waals surface area contributed by atoms with Crippen molar-refractivity contribution in [3.8, 4) is 0 Å². The van der Waals surface area contributed by atoms with E-state index in [0.29, 0.717) is 13.2 Å². The molecule has 1 fully saturated rings. The molecule has 0 bridgehead atoms. The van der Waals surface area contributed by atoms with E-state index in [1.807, 2.05) is 18.7 Å². The summed E-state index contributed by atoms with van der Waals surface area (Å²) in [6.45, 7) is 6.52. The summed E-state index contributed by atoms with van der Waals surface area (Å²) in [5.74, 6) is -0.182. The SMILES string of the molecule is CCOC(=O)CCN(C(=O)C=C(C)C)C1CCCCCCC1. The summed E-state index contributed by atoms with van der Waals surface area (Å²) >= 11 is 0. The third-order valence-corrected chi connectivity index (χ3v) is 4.07. The zero-order valence-corrected chi connectivity index (χ0v) is 14.4. The predicted molar refractivity (Wildman–Crippen MR) is 88.5 cm³/mol. The van der Waals surface area contributed by atoms with Gasteiger partial charge in [0.25, 0.3) is 0 Å². The minimum Gasteiger partial charge on any atom is -0.466 e. The average Bonchev–Trinajstić information content (AvgIpc) is 2.40. The van der Waals surface area contributed by atoms with Crippen molar-refractivity contribution >= 4 is 11.9 Å². The van der Waals surface area contributed by atoms with Gasteiger partial charge in [-0.05, 0) is 33.6 Å². The molecule has 0 heterocycles. The third kappa shape index (κ3) is 7.10. The van der Waals surface area contributed by atoms with Crippen LogP contribution in [0.15, 0.2) is 11.6 Å². The molecule has 0 unspecified atom stereocenters. The first kappa shape index (κ1) is 18.7. The molecule has 4 heteroatoms. The molecule has 1 rings (SSSR count). The molecule has 1 aliphatic rings. The van der Waals surface area contributed by atoms with Crippen molar-refractivity contribution in [1.29, 1.82) is 0 Å². The quantitative estimate of drug-likeness (QED) is 0.553. The zero-order chi connectivity index (χ0) is 16.4. The molecule has 126 valence electrons. The Morgan fingerprint density at radius 2 is 1.68 bits per heavy atom. The van der Waals surface area contributed by atoms with Crippen LogP contribution >= 0.6 is 0 Å². The average molecular weight is 309 g/mol. The van der Waals surface area contributed by atoms with Crippen LogP contribution in [0.4, 0.5) is 0 Å². The Labute approximate surface area is 134 Å². The first-order valence-corrected chi connectivity index (χ1v) is 8.65. The van der Waals surface area contributed by atoms with E-state index in [1.54, 1.807) is 13.0 Å². The number of carbonyl (C=O) groups is 2. The number of ether oxygens (including phenoxy) is 1. The van der Waals surface area contributed by atoms with Crippen LogP contribution in [-0.2, 0) is 14.3 Å². The molecule has 0 aromatic carbocycles. The molecular weight excluding hydrogens is 278 g/mol. The number of amides is 1. The first-order valence-electron chi connectivity index (χ1n) is 8.65. The van der Waals surface area contributed by atoms with Crippen LogP contribution in [-0.4, -0.2) is 36.0 Å². The lowest BCUT2D eigenvalue weighted by Crippen LogP contribution is -2.41. The molecule has 0 saturated heterocycles. The van der Waals surface area contributed by atoms with E-state index in [-0.39, 0.29) is 24.3 Å². The van der Waals surface area contributed by atoms with Crippen LogP contribution in [0.1, 0.15) is 72.1 Å². The first-order chi connectivity index (χ1) is 10.5. The Morgan fingerprint density at radius 3 is 2.23 bits per heavy atom. The van der Waals surface area contributed by atoms with Crippen molar-refractivity contribution in [3.63, 3.8) is 0 Å². The second kappa shape index (κ2) is 10.4. The van der Waals surface area contributed by atoms with Gasteiger partial charge in [0, 0.05) is 18.7 Å². The van der Waals surface area contributed by atoms with Gasteiger partial charge in [0.05, 0.1) is 13.0 Å². The summed E-state index contributed by atoms with van der Waals surface area (Å²) in [6.07, 6.45) is 10.2. The summed E-state index contributed by atoms with van der Waals surface area (Å²) in [5, 5.41) is 0. The zero-order valence-electron chi connectivity index (χ0n) is 14.4. The maximum absolute atomic E-state index is 12.5. The van der Waals surface area contributed by atoms with Crippen molar-refractivity contribution < 1.29 is 14.3 Å². The summed E-state index contributed by atoms with van der Waals surface area (Å²) < 4.78 is 4.99. The second-order valence-corrected chi connectivity index (χ2v) is 6.31. The van der Waals surface area contributed by atoms with Gasteiger partial charge in [0.15, 0.2) is 0 Å². The lowest BCUT2D eigenvalue weighted by Gasteiger charge is -2.32. The molecule has 0 aliphatic heterocycles. The Hall–Kier alpha value is -1.32.